The highest BCUT2D eigenvalue weighted by Gasteiger charge is 2.15. The molecule has 4 N–H and O–H groups in total. The van der Waals surface area contributed by atoms with Crippen molar-refractivity contribution in [1.29, 1.82) is 0 Å². The molecule has 0 saturated heterocycles. The van der Waals surface area contributed by atoms with E-state index in [2.05, 4.69) is 0 Å². The summed E-state index contributed by atoms with van der Waals surface area (Å²) in [6.45, 7) is -0.184. The number of aromatic carboxylic acids is 1. The number of rotatable bonds is 3. The van der Waals surface area contributed by atoms with Crippen LogP contribution in [0.5, 0.6) is 0 Å². The number of benzene rings is 1. The predicted octanol–water partition coefficient (Wildman–Crippen LogP) is 0.534. The summed E-state index contributed by atoms with van der Waals surface area (Å²) in [7, 11) is 0. The highest BCUT2D eigenvalue weighted by atomic mass is 16.4. The summed E-state index contributed by atoms with van der Waals surface area (Å²) in [5.41, 5.74) is 5.54. The third kappa shape index (κ3) is 2.54. The van der Waals surface area contributed by atoms with Gasteiger partial charge in [0.05, 0.1) is 5.56 Å². The van der Waals surface area contributed by atoms with Gasteiger partial charge in [0.15, 0.2) is 0 Å². The van der Waals surface area contributed by atoms with Crippen LogP contribution in [0.1, 0.15) is 10.4 Å². The molecule has 0 bridgehead atoms. The molecule has 0 aliphatic heterocycles. The minimum Gasteiger partial charge on any atom is -0.478 e. The molecular weight excluding hydrogens is 250 g/mol. The highest BCUT2D eigenvalue weighted by molar-refractivity contribution is 6.04. The average Bonchev–Trinajstić information content (AvgIpc) is 2.67. The molecule has 7 heteroatoms. The van der Waals surface area contributed by atoms with Crippen LogP contribution in [0.3, 0.4) is 0 Å². The first-order valence-corrected chi connectivity index (χ1v) is 5.39. The molecular formula is C12H11N3O4. The summed E-state index contributed by atoms with van der Waals surface area (Å²) in [5.74, 6) is -1.68. The van der Waals surface area contributed by atoms with Crippen molar-refractivity contribution < 1.29 is 19.5 Å². The van der Waals surface area contributed by atoms with Crippen molar-refractivity contribution in [1.82, 2.24) is 9.88 Å². The maximum absolute atomic E-state index is 11.5. The number of hydrogen-bond acceptors (Lipinski definition) is 3. The van der Waals surface area contributed by atoms with Gasteiger partial charge < -0.3 is 15.4 Å². The Bertz CT molecular complexity index is 675. The van der Waals surface area contributed by atoms with Gasteiger partial charge >= 0.3 is 12.0 Å². The van der Waals surface area contributed by atoms with E-state index in [1.54, 1.807) is 24.3 Å². The number of nitrogens with two attached hydrogens (primary N) is 1. The first-order valence-electron chi connectivity index (χ1n) is 5.39. The second-order valence-corrected chi connectivity index (χ2v) is 3.91. The van der Waals surface area contributed by atoms with Crippen LogP contribution in [0.4, 0.5) is 4.79 Å². The smallest absolute Gasteiger partial charge is 0.337 e. The van der Waals surface area contributed by atoms with Crippen LogP contribution in [0, 0.1) is 0 Å². The topological polar surface area (TPSA) is 114 Å². The van der Waals surface area contributed by atoms with E-state index in [1.807, 2.05) is 5.32 Å². The van der Waals surface area contributed by atoms with E-state index < -0.39 is 17.9 Å². The molecule has 2 rings (SSSR count). The fraction of sp³-hybridized carbons (Fsp3) is 0.0833. The Kier molecular flexibility index (Phi) is 3.19. The second kappa shape index (κ2) is 4.81. The molecule has 7 nitrogen and oxygen atoms in total. The third-order valence-electron chi connectivity index (χ3n) is 2.60. The van der Waals surface area contributed by atoms with Gasteiger partial charge in [-0.15, -0.1) is 0 Å². The molecule has 0 unspecified atom stereocenters. The van der Waals surface area contributed by atoms with Crippen LogP contribution in [-0.4, -0.2) is 27.6 Å². The van der Waals surface area contributed by atoms with Crippen LogP contribution in [0.2, 0.25) is 0 Å². The van der Waals surface area contributed by atoms with Crippen molar-refractivity contribution in [2.75, 3.05) is 0 Å². The maximum atomic E-state index is 11.5. The van der Waals surface area contributed by atoms with Crippen molar-refractivity contribution >= 4 is 28.8 Å². The number of nitrogens with one attached hydrogen (secondary N) is 1. The van der Waals surface area contributed by atoms with E-state index in [0.29, 0.717) is 10.9 Å². The second-order valence-electron chi connectivity index (χ2n) is 3.91. The van der Waals surface area contributed by atoms with Crippen LogP contribution >= 0.6 is 0 Å². The lowest BCUT2D eigenvalue weighted by molar-refractivity contribution is -0.120. The van der Waals surface area contributed by atoms with Gasteiger partial charge in [-0.05, 0) is 6.07 Å². The standard InChI is InChI=1S/C12H11N3O4/c13-12(19)14-10(16)6-15-5-8(11(17)18)7-3-1-2-4-9(7)15/h1-5H,6H2,(H,17,18)(H3,13,14,16,19). The summed E-state index contributed by atoms with van der Waals surface area (Å²) >= 11 is 0. The van der Waals surface area contributed by atoms with Crippen LogP contribution in [0.25, 0.3) is 10.9 Å². The molecule has 0 radical (unpaired) electrons. The fourth-order valence-corrected chi connectivity index (χ4v) is 1.88. The minimum absolute atomic E-state index is 0.0995. The molecule has 1 aromatic carbocycles. The zero-order valence-corrected chi connectivity index (χ0v) is 9.79. The lowest BCUT2D eigenvalue weighted by atomic mass is 10.2. The number of hydrogen-bond donors (Lipinski definition) is 3. The van der Waals surface area contributed by atoms with E-state index in [4.69, 9.17) is 10.8 Å². The quantitative estimate of drug-likeness (QED) is 0.747. The third-order valence-corrected chi connectivity index (χ3v) is 2.60. The van der Waals surface area contributed by atoms with Gasteiger partial charge in [0, 0.05) is 17.1 Å². The van der Waals surface area contributed by atoms with Crippen LogP contribution < -0.4 is 11.1 Å². The molecule has 0 saturated carbocycles. The van der Waals surface area contributed by atoms with Crippen LogP contribution in [0.15, 0.2) is 30.5 Å². The van der Waals surface area contributed by atoms with Crippen molar-refractivity contribution in [3.63, 3.8) is 0 Å². The zero-order chi connectivity index (χ0) is 14.0. The summed E-state index contributed by atoms with van der Waals surface area (Å²) in [5, 5.41) is 11.5. The number of urea groups is 1. The lowest BCUT2D eigenvalue weighted by Gasteiger charge is -2.04. The Hall–Kier alpha value is -2.83. The van der Waals surface area contributed by atoms with Gasteiger partial charge in [-0.2, -0.15) is 0 Å². The Morgan fingerprint density at radius 1 is 1.26 bits per heavy atom. The SMILES string of the molecule is NC(=O)NC(=O)Cn1cc(C(=O)O)c2ccccc21. The number of nitrogens with zero attached hydrogens (tertiary/aromatic N) is 1. The first-order chi connectivity index (χ1) is 8.99. The van der Waals surface area contributed by atoms with Crippen molar-refractivity contribution in [3.05, 3.63) is 36.0 Å². The number of carbonyl (C=O) groups is 3. The Labute approximate surface area is 107 Å². The number of para-hydroxylation sites is 1. The first kappa shape index (κ1) is 12.6. The monoisotopic (exact) mass is 261 g/mol. The predicted molar refractivity (Wildman–Crippen MR) is 66.6 cm³/mol. The van der Waals surface area contributed by atoms with E-state index in [-0.39, 0.29) is 12.1 Å². The van der Waals surface area contributed by atoms with E-state index >= 15 is 0 Å². The number of aromatic nitrogens is 1. The van der Waals surface area contributed by atoms with Gasteiger partial charge in [-0.3, -0.25) is 10.1 Å². The summed E-state index contributed by atoms with van der Waals surface area (Å²) in [6.07, 6.45) is 1.35. The molecule has 1 aromatic heterocycles. The van der Waals surface area contributed by atoms with Gasteiger partial charge in [-0.1, -0.05) is 18.2 Å². The maximum Gasteiger partial charge on any atom is 0.337 e. The molecule has 98 valence electrons. The number of carbonyl (C=O) groups excluding carboxylic acids is 2. The number of amides is 3. The molecule has 0 spiro atoms. The highest BCUT2D eigenvalue weighted by Crippen LogP contribution is 2.21. The summed E-state index contributed by atoms with van der Waals surface area (Å²) in [6, 6.07) is 5.85. The molecule has 0 aliphatic rings. The average molecular weight is 261 g/mol. The Morgan fingerprint density at radius 2 is 1.95 bits per heavy atom. The van der Waals surface area contributed by atoms with Gasteiger partial charge in [0.25, 0.3) is 0 Å². The molecule has 2 aromatic rings. The molecule has 3 amide bonds. The molecule has 19 heavy (non-hydrogen) atoms. The Morgan fingerprint density at radius 3 is 2.58 bits per heavy atom. The normalized spacial score (nSPS) is 10.3. The van der Waals surface area contributed by atoms with Crippen molar-refractivity contribution in [2.24, 2.45) is 5.73 Å². The lowest BCUT2D eigenvalue weighted by Crippen LogP contribution is -2.37. The number of carboxylic acids is 1. The summed E-state index contributed by atoms with van der Waals surface area (Å²) < 4.78 is 1.46. The molecule has 0 aliphatic carbocycles. The van der Waals surface area contributed by atoms with E-state index in [1.165, 1.54) is 10.8 Å². The minimum atomic E-state index is -1.08. The molecule has 0 atom stereocenters. The number of carboxylic acid groups (broad SMARTS) is 1. The van der Waals surface area contributed by atoms with Crippen LogP contribution in [-0.2, 0) is 11.3 Å². The molecule has 0 fully saturated rings. The van der Waals surface area contributed by atoms with Gasteiger partial charge in [0.2, 0.25) is 5.91 Å². The Balaban J connectivity index is 2.41. The number of fused-ring (bicyclic) bond motifs is 1. The largest absolute Gasteiger partial charge is 0.478 e. The van der Waals surface area contributed by atoms with Crippen molar-refractivity contribution in [3.8, 4) is 0 Å². The van der Waals surface area contributed by atoms with E-state index in [9.17, 15) is 14.4 Å². The van der Waals surface area contributed by atoms with Gasteiger partial charge in [-0.25, -0.2) is 9.59 Å². The molecule has 1 heterocycles. The number of imide groups is 1. The van der Waals surface area contributed by atoms with E-state index in [0.717, 1.165) is 0 Å². The number of primary amides is 1. The van der Waals surface area contributed by atoms with Gasteiger partial charge in [0.1, 0.15) is 6.54 Å². The van der Waals surface area contributed by atoms with Crippen molar-refractivity contribution in [2.45, 2.75) is 6.54 Å². The summed E-state index contributed by atoms with van der Waals surface area (Å²) in [4.78, 5) is 33.1. The fourth-order valence-electron chi connectivity index (χ4n) is 1.88. The zero-order valence-electron chi connectivity index (χ0n) is 9.79.